The van der Waals surface area contributed by atoms with Gasteiger partial charge in [-0.3, -0.25) is 0 Å². The van der Waals surface area contributed by atoms with Crippen LogP contribution in [0.2, 0.25) is 0 Å². The number of hydrogen-bond acceptors (Lipinski definition) is 6. The van der Waals surface area contributed by atoms with Gasteiger partial charge in [0.1, 0.15) is 11.4 Å². The van der Waals surface area contributed by atoms with Crippen molar-refractivity contribution in [1.29, 1.82) is 0 Å². The number of rotatable bonds is 7. The van der Waals surface area contributed by atoms with Crippen LogP contribution in [-0.2, 0) is 18.0 Å². The van der Waals surface area contributed by atoms with Crippen LogP contribution >= 0.6 is 11.8 Å². The zero-order chi connectivity index (χ0) is 27.3. The second-order valence-corrected chi connectivity index (χ2v) is 13.0. The lowest BCUT2D eigenvalue weighted by molar-refractivity contribution is -0.137. The molecular weight excluding hydrogens is 515 g/mol. The summed E-state index contributed by atoms with van der Waals surface area (Å²) in [5.74, 6) is 2.38. The predicted octanol–water partition coefficient (Wildman–Crippen LogP) is 5.53. The van der Waals surface area contributed by atoms with Crippen LogP contribution in [0.5, 0.6) is 0 Å². The van der Waals surface area contributed by atoms with Crippen LogP contribution in [0.1, 0.15) is 68.8 Å². The number of benzene rings is 1. The van der Waals surface area contributed by atoms with E-state index in [1.54, 1.807) is 28.8 Å². The summed E-state index contributed by atoms with van der Waals surface area (Å²) in [5, 5.41) is 9.65. The van der Waals surface area contributed by atoms with Gasteiger partial charge in [-0.1, -0.05) is 23.9 Å². The Kier molecular flexibility index (Phi) is 7.21. The average Bonchev–Trinajstić information content (AvgIpc) is 3.15. The first-order chi connectivity index (χ1) is 17.8. The Morgan fingerprint density at radius 1 is 1.16 bits per heavy atom. The molecule has 11 heteroatoms. The number of carbonyl (C=O) groups is 1. The van der Waals surface area contributed by atoms with Crippen molar-refractivity contribution in [3.05, 3.63) is 41.2 Å². The number of carbonyl (C=O) groups excluding carboxylic acids is 1. The topological polar surface area (TPSA) is 63.5 Å². The number of nitrogens with zero attached hydrogens (tertiary/aromatic N) is 5. The molecule has 1 aromatic carbocycles. The largest absolute Gasteiger partial charge is 0.444 e. The molecule has 3 aliphatic rings. The predicted molar refractivity (Wildman–Crippen MR) is 139 cm³/mol. The Labute approximate surface area is 226 Å². The van der Waals surface area contributed by atoms with Crippen molar-refractivity contribution in [2.75, 3.05) is 38.5 Å². The minimum Gasteiger partial charge on any atom is -0.444 e. The van der Waals surface area contributed by atoms with E-state index in [2.05, 4.69) is 15.1 Å². The van der Waals surface area contributed by atoms with E-state index in [1.165, 1.54) is 12.1 Å². The molecule has 0 radical (unpaired) electrons. The van der Waals surface area contributed by atoms with Crippen molar-refractivity contribution in [2.24, 2.45) is 12.5 Å². The Morgan fingerprint density at radius 2 is 1.87 bits per heavy atom. The Morgan fingerprint density at radius 3 is 2.53 bits per heavy atom. The fourth-order valence-electron chi connectivity index (χ4n) is 5.73. The normalized spacial score (nSPS) is 24.2. The minimum atomic E-state index is -4.28. The van der Waals surface area contributed by atoms with Gasteiger partial charge in [0.05, 0.1) is 11.5 Å². The molecule has 3 heterocycles. The van der Waals surface area contributed by atoms with Gasteiger partial charge < -0.3 is 19.1 Å². The molecule has 1 spiro atoms. The summed E-state index contributed by atoms with van der Waals surface area (Å²) in [5.41, 5.74) is 0.196. The molecule has 2 saturated heterocycles. The third-order valence-corrected chi connectivity index (χ3v) is 9.02. The van der Waals surface area contributed by atoms with Crippen molar-refractivity contribution >= 4 is 17.9 Å². The lowest BCUT2D eigenvalue weighted by atomic mass is 9.97. The number of thioether (sulfide) groups is 1. The van der Waals surface area contributed by atoms with E-state index >= 15 is 0 Å². The molecule has 2 aromatic rings. The number of amides is 1. The molecule has 0 unspecified atom stereocenters. The van der Waals surface area contributed by atoms with Gasteiger partial charge in [0.2, 0.25) is 0 Å². The maximum absolute atomic E-state index is 12.9. The van der Waals surface area contributed by atoms with E-state index < -0.39 is 17.3 Å². The van der Waals surface area contributed by atoms with Crippen LogP contribution in [-0.4, -0.2) is 74.7 Å². The van der Waals surface area contributed by atoms with E-state index in [4.69, 9.17) is 4.74 Å². The molecule has 2 atom stereocenters. The Hall–Kier alpha value is -2.27. The summed E-state index contributed by atoms with van der Waals surface area (Å²) in [4.78, 5) is 16.4. The van der Waals surface area contributed by atoms with Crippen LogP contribution in [0.3, 0.4) is 0 Å². The van der Waals surface area contributed by atoms with Gasteiger partial charge in [-0.25, -0.2) is 4.79 Å². The van der Waals surface area contributed by atoms with Crippen LogP contribution in [0, 0.1) is 5.41 Å². The van der Waals surface area contributed by atoms with Crippen LogP contribution in [0.4, 0.5) is 18.0 Å². The third-order valence-electron chi connectivity index (χ3n) is 7.91. The second-order valence-electron chi connectivity index (χ2n) is 11.9. The van der Waals surface area contributed by atoms with Crippen molar-refractivity contribution in [3.8, 4) is 0 Å². The number of halogens is 3. The molecule has 3 fully saturated rings. The third kappa shape index (κ3) is 5.83. The average molecular weight is 552 g/mol. The smallest absolute Gasteiger partial charge is 0.416 e. The summed E-state index contributed by atoms with van der Waals surface area (Å²) >= 11 is 1.70. The molecule has 5 rings (SSSR count). The first-order valence-corrected chi connectivity index (χ1v) is 14.2. The van der Waals surface area contributed by atoms with Gasteiger partial charge in [0, 0.05) is 32.4 Å². The highest BCUT2D eigenvalue weighted by Gasteiger charge is 2.57. The minimum absolute atomic E-state index is 0.173. The van der Waals surface area contributed by atoms with E-state index in [1.807, 2.05) is 32.4 Å². The highest BCUT2D eigenvalue weighted by atomic mass is 32.2. The first-order valence-electron chi connectivity index (χ1n) is 13.2. The van der Waals surface area contributed by atoms with Crippen molar-refractivity contribution < 1.29 is 22.7 Å². The fraction of sp³-hybridized carbons (Fsp3) is 0.667. The SMILES string of the molecule is Cn1c(SCCCN2CC[C@]3(C[C@@H]3c3ccc(C(F)(F)F)cc3)C2)nnc1C1CN(C(=O)OC(C)(C)C)C1. The van der Waals surface area contributed by atoms with Gasteiger partial charge in [-0.2, -0.15) is 13.2 Å². The summed E-state index contributed by atoms with van der Waals surface area (Å²) in [6.07, 6.45) is -1.36. The van der Waals surface area contributed by atoms with Gasteiger partial charge in [0.15, 0.2) is 5.16 Å². The molecule has 2 aliphatic heterocycles. The van der Waals surface area contributed by atoms with Gasteiger partial charge in [-0.15, -0.1) is 10.2 Å². The fourth-order valence-corrected chi connectivity index (χ4v) is 6.57. The standard InChI is InChI=1S/C27H36F3N5O2S/c1-25(2,3)37-24(36)35-15-19(16-35)22-31-32-23(33(22)4)38-13-5-11-34-12-10-26(17-34)14-21(26)18-6-8-20(9-7-18)27(28,29)30/h6-9,19,21H,5,10-17H2,1-4H3/t21-,26+/m1/s1. The number of hydrogen-bond donors (Lipinski definition) is 0. The maximum atomic E-state index is 12.9. The maximum Gasteiger partial charge on any atom is 0.416 e. The summed E-state index contributed by atoms with van der Waals surface area (Å²) in [7, 11) is 1.98. The first kappa shape index (κ1) is 27.3. The highest BCUT2D eigenvalue weighted by molar-refractivity contribution is 7.99. The molecule has 0 bridgehead atoms. The van der Waals surface area contributed by atoms with Crippen molar-refractivity contribution in [2.45, 2.75) is 68.8 Å². The van der Waals surface area contributed by atoms with Gasteiger partial charge >= 0.3 is 12.3 Å². The Balaban J connectivity index is 1.03. The number of aromatic nitrogens is 3. The molecule has 1 aliphatic carbocycles. The molecule has 1 saturated carbocycles. The molecule has 1 aromatic heterocycles. The molecule has 208 valence electrons. The lowest BCUT2D eigenvalue weighted by Gasteiger charge is -2.39. The quantitative estimate of drug-likeness (QED) is 0.333. The van der Waals surface area contributed by atoms with Gasteiger partial charge in [-0.05, 0) is 82.2 Å². The molecule has 7 nitrogen and oxygen atoms in total. The van der Waals surface area contributed by atoms with E-state index in [-0.39, 0.29) is 17.4 Å². The monoisotopic (exact) mass is 551 g/mol. The van der Waals surface area contributed by atoms with Crippen molar-refractivity contribution in [1.82, 2.24) is 24.6 Å². The second kappa shape index (κ2) is 10.0. The van der Waals surface area contributed by atoms with Crippen LogP contribution in [0.25, 0.3) is 0 Å². The molecule has 0 N–H and O–H groups in total. The zero-order valence-electron chi connectivity index (χ0n) is 22.4. The summed E-state index contributed by atoms with van der Waals surface area (Å²) in [6, 6.07) is 5.75. The highest BCUT2D eigenvalue weighted by Crippen LogP contribution is 2.64. The number of likely N-dealkylation sites (tertiary alicyclic amines) is 2. The molecule has 1 amide bonds. The molecular formula is C27H36F3N5O2S. The van der Waals surface area contributed by atoms with Gasteiger partial charge in [0.25, 0.3) is 0 Å². The van der Waals surface area contributed by atoms with Crippen LogP contribution in [0.15, 0.2) is 29.4 Å². The summed E-state index contributed by atoms with van der Waals surface area (Å²) < 4.78 is 46.1. The van der Waals surface area contributed by atoms with E-state index in [9.17, 15) is 18.0 Å². The van der Waals surface area contributed by atoms with Crippen molar-refractivity contribution in [3.63, 3.8) is 0 Å². The summed E-state index contributed by atoms with van der Waals surface area (Å²) in [6.45, 7) is 9.85. The lowest BCUT2D eigenvalue weighted by Crippen LogP contribution is -2.50. The molecule has 38 heavy (non-hydrogen) atoms. The Bertz CT molecular complexity index is 1160. The zero-order valence-corrected chi connectivity index (χ0v) is 23.2. The number of alkyl halides is 3. The van der Waals surface area contributed by atoms with E-state index in [0.717, 1.165) is 61.2 Å². The number of ether oxygens (including phenoxy) is 1. The van der Waals surface area contributed by atoms with Crippen LogP contribution < -0.4 is 0 Å². The van der Waals surface area contributed by atoms with E-state index in [0.29, 0.717) is 19.0 Å².